The number of unbranched alkanes of at least 4 members (excludes halogenated alkanes) is 6. The van der Waals surface area contributed by atoms with Crippen molar-refractivity contribution in [3.05, 3.63) is 58.1 Å². The lowest BCUT2D eigenvalue weighted by molar-refractivity contribution is -0.592. The van der Waals surface area contributed by atoms with Gasteiger partial charge in [0.2, 0.25) is 6.33 Å². The van der Waals surface area contributed by atoms with E-state index < -0.39 is 0 Å². The maximum absolute atomic E-state index is 6.47. The first-order valence-electron chi connectivity index (χ1n) is 10.1. The Morgan fingerprint density at radius 2 is 1.67 bits per heavy atom. The fourth-order valence-electron chi connectivity index (χ4n) is 3.92. The highest BCUT2D eigenvalue weighted by Crippen LogP contribution is 2.29. The molecule has 0 atom stereocenters. The van der Waals surface area contributed by atoms with E-state index in [1.165, 1.54) is 66.8 Å². The molecule has 0 spiro atoms. The predicted molar refractivity (Wildman–Crippen MR) is 116 cm³/mol. The summed E-state index contributed by atoms with van der Waals surface area (Å²) in [6.45, 7) is 4.42. The Morgan fingerprint density at radius 3 is 2.37 bits per heavy atom. The standard InChI is InChI=1S/C23H28Cl2N2/c1-3-4-5-6-7-8-9-14-20-19-13-11-10-12-18(19)15-17(2)21(20)27-16-26-22(24)23(27)25/h10-13,15-16H,3-9,14H2,1-2H3/p+1. The quantitative estimate of drug-likeness (QED) is 0.284. The summed E-state index contributed by atoms with van der Waals surface area (Å²) in [7, 11) is 0. The van der Waals surface area contributed by atoms with Crippen molar-refractivity contribution in [2.75, 3.05) is 0 Å². The van der Waals surface area contributed by atoms with E-state index in [4.69, 9.17) is 23.2 Å². The number of H-pyrrole nitrogens is 1. The minimum atomic E-state index is 0.478. The number of benzene rings is 2. The van der Waals surface area contributed by atoms with Gasteiger partial charge in [-0.25, -0.2) is 4.98 Å². The number of aromatic nitrogens is 2. The molecule has 0 fully saturated rings. The molecule has 1 heterocycles. The number of nitrogens with zero attached hydrogens (tertiary/aromatic N) is 1. The van der Waals surface area contributed by atoms with Crippen molar-refractivity contribution in [3.63, 3.8) is 0 Å². The maximum Gasteiger partial charge on any atom is 0.260 e. The summed E-state index contributed by atoms with van der Waals surface area (Å²) in [5.74, 6) is 0. The second-order valence-corrected chi connectivity index (χ2v) is 8.10. The van der Waals surface area contributed by atoms with Gasteiger partial charge in [0.15, 0.2) is 0 Å². The monoisotopic (exact) mass is 403 g/mol. The lowest BCUT2D eigenvalue weighted by Gasteiger charge is -2.14. The smallest absolute Gasteiger partial charge is 0.232 e. The molecule has 0 saturated heterocycles. The molecule has 3 rings (SSSR count). The summed E-state index contributed by atoms with van der Waals surface area (Å²) in [6.07, 6.45) is 12.1. The molecule has 1 N–H and O–H groups in total. The Labute approximate surface area is 172 Å². The van der Waals surface area contributed by atoms with Crippen molar-refractivity contribution >= 4 is 34.0 Å². The number of aromatic amines is 1. The number of fused-ring (bicyclic) bond motifs is 1. The Kier molecular flexibility index (Phi) is 7.20. The maximum atomic E-state index is 6.47. The van der Waals surface area contributed by atoms with E-state index in [2.05, 4.69) is 49.2 Å². The van der Waals surface area contributed by atoms with Gasteiger partial charge in [0.25, 0.3) is 10.3 Å². The molecule has 2 nitrogen and oxygen atoms in total. The van der Waals surface area contributed by atoms with E-state index in [-0.39, 0.29) is 0 Å². The Balaban J connectivity index is 1.89. The van der Waals surface area contributed by atoms with Crippen LogP contribution in [0, 0.1) is 6.92 Å². The van der Waals surface area contributed by atoms with Crippen molar-refractivity contribution < 1.29 is 4.57 Å². The minimum Gasteiger partial charge on any atom is -0.232 e. The van der Waals surface area contributed by atoms with E-state index in [0.717, 1.165) is 12.1 Å². The zero-order chi connectivity index (χ0) is 19.2. The zero-order valence-electron chi connectivity index (χ0n) is 16.3. The Morgan fingerprint density at radius 1 is 0.963 bits per heavy atom. The third kappa shape index (κ3) is 4.67. The fourth-order valence-corrected chi connectivity index (χ4v) is 4.25. The van der Waals surface area contributed by atoms with Crippen molar-refractivity contribution in [2.24, 2.45) is 0 Å². The molecule has 0 saturated carbocycles. The lowest BCUT2D eigenvalue weighted by atomic mass is 9.94. The number of imidazole rings is 1. The summed E-state index contributed by atoms with van der Waals surface area (Å²) in [5.41, 5.74) is 3.74. The van der Waals surface area contributed by atoms with Gasteiger partial charge >= 0.3 is 0 Å². The van der Waals surface area contributed by atoms with E-state index in [9.17, 15) is 0 Å². The van der Waals surface area contributed by atoms with Gasteiger partial charge in [0.1, 0.15) is 5.69 Å². The van der Waals surface area contributed by atoms with Crippen LogP contribution in [-0.4, -0.2) is 4.98 Å². The number of hydrogen-bond donors (Lipinski definition) is 1. The molecule has 0 radical (unpaired) electrons. The second-order valence-electron chi connectivity index (χ2n) is 7.36. The molecule has 4 heteroatoms. The van der Waals surface area contributed by atoms with Crippen molar-refractivity contribution in [1.82, 2.24) is 4.98 Å². The van der Waals surface area contributed by atoms with Crippen LogP contribution in [0.25, 0.3) is 16.5 Å². The average molecular weight is 404 g/mol. The molecule has 3 aromatic rings. The Hall–Kier alpha value is -1.51. The highest BCUT2D eigenvalue weighted by molar-refractivity contribution is 6.39. The zero-order valence-corrected chi connectivity index (χ0v) is 17.8. The van der Waals surface area contributed by atoms with Crippen molar-refractivity contribution in [2.45, 2.75) is 65.2 Å². The molecule has 0 aliphatic carbocycles. The van der Waals surface area contributed by atoms with Crippen LogP contribution >= 0.6 is 23.2 Å². The molecule has 2 aromatic carbocycles. The van der Waals surface area contributed by atoms with Crippen LogP contribution in [0.15, 0.2) is 36.7 Å². The van der Waals surface area contributed by atoms with Gasteiger partial charge in [-0.2, -0.15) is 4.57 Å². The van der Waals surface area contributed by atoms with Crippen LogP contribution < -0.4 is 4.57 Å². The number of nitrogens with one attached hydrogen (secondary N) is 1. The summed E-state index contributed by atoms with van der Waals surface area (Å²) >= 11 is 12.7. The molecule has 0 bridgehead atoms. The number of rotatable bonds is 9. The van der Waals surface area contributed by atoms with Crippen LogP contribution in [0.4, 0.5) is 0 Å². The molecule has 0 aliphatic rings. The van der Waals surface area contributed by atoms with Gasteiger partial charge in [-0.15, -0.1) is 0 Å². The number of aryl methyl sites for hydroxylation is 2. The van der Waals surface area contributed by atoms with Gasteiger partial charge in [0, 0.05) is 5.56 Å². The van der Waals surface area contributed by atoms with Gasteiger partial charge in [0.05, 0.1) is 0 Å². The number of halogens is 2. The first-order chi connectivity index (χ1) is 13.1. The Bertz CT molecular complexity index is 899. The van der Waals surface area contributed by atoms with Gasteiger partial charge in [-0.1, -0.05) is 69.7 Å². The lowest BCUT2D eigenvalue weighted by Crippen LogP contribution is -2.32. The molecular weight excluding hydrogens is 375 g/mol. The van der Waals surface area contributed by atoms with Crippen LogP contribution in [-0.2, 0) is 6.42 Å². The van der Waals surface area contributed by atoms with E-state index >= 15 is 0 Å². The SMILES string of the molecule is CCCCCCCCCc1c(-[n+]2c[nH]c(Cl)c2Cl)c(C)cc2ccccc12. The summed E-state index contributed by atoms with van der Waals surface area (Å²) in [4.78, 5) is 3.03. The highest BCUT2D eigenvalue weighted by Gasteiger charge is 2.22. The highest BCUT2D eigenvalue weighted by atomic mass is 35.5. The fraction of sp³-hybridized carbons (Fsp3) is 0.435. The minimum absolute atomic E-state index is 0.478. The molecular formula is C23H29Cl2N2+. The second kappa shape index (κ2) is 9.61. The normalized spacial score (nSPS) is 11.4. The van der Waals surface area contributed by atoms with E-state index in [1.807, 2.05) is 10.9 Å². The topological polar surface area (TPSA) is 19.7 Å². The summed E-state index contributed by atoms with van der Waals surface area (Å²) in [5, 5.41) is 3.61. The first-order valence-corrected chi connectivity index (χ1v) is 10.8. The van der Waals surface area contributed by atoms with Crippen LogP contribution in [0.1, 0.15) is 63.0 Å². The average Bonchev–Trinajstić information content (AvgIpc) is 2.99. The molecule has 0 amide bonds. The summed E-state index contributed by atoms with van der Waals surface area (Å²) in [6, 6.07) is 10.9. The molecule has 0 aliphatic heterocycles. The van der Waals surface area contributed by atoms with Crippen LogP contribution in [0.5, 0.6) is 0 Å². The molecule has 1 aromatic heterocycles. The predicted octanol–water partition coefficient (Wildman–Crippen LogP) is 7.35. The third-order valence-corrected chi connectivity index (χ3v) is 6.06. The number of hydrogen-bond acceptors (Lipinski definition) is 0. The van der Waals surface area contributed by atoms with Gasteiger partial charge in [-0.05, 0) is 65.4 Å². The van der Waals surface area contributed by atoms with Crippen LogP contribution in [0.3, 0.4) is 0 Å². The molecule has 144 valence electrons. The van der Waals surface area contributed by atoms with Gasteiger partial charge in [-0.3, -0.25) is 0 Å². The molecule has 27 heavy (non-hydrogen) atoms. The van der Waals surface area contributed by atoms with E-state index in [0.29, 0.717) is 10.3 Å². The van der Waals surface area contributed by atoms with E-state index in [1.54, 1.807) is 0 Å². The van der Waals surface area contributed by atoms with Crippen molar-refractivity contribution in [3.8, 4) is 5.69 Å². The van der Waals surface area contributed by atoms with Crippen LogP contribution in [0.2, 0.25) is 10.3 Å². The van der Waals surface area contributed by atoms with Crippen molar-refractivity contribution in [1.29, 1.82) is 0 Å². The van der Waals surface area contributed by atoms with Gasteiger partial charge < -0.3 is 0 Å². The first kappa shape index (κ1) is 20.2. The third-order valence-electron chi connectivity index (χ3n) is 5.30. The molecule has 0 unspecified atom stereocenters. The largest absolute Gasteiger partial charge is 0.260 e. The summed E-state index contributed by atoms with van der Waals surface area (Å²) < 4.78 is 1.99.